The van der Waals surface area contributed by atoms with Crippen LogP contribution in [0, 0.1) is 11.8 Å². The number of benzene rings is 2. The van der Waals surface area contributed by atoms with Gasteiger partial charge in [0.15, 0.2) is 17.3 Å². The van der Waals surface area contributed by atoms with Gasteiger partial charge >= 0.3 is 0 Å². The third-order valence-electron chi connectivity index (χ3n) is 8.34. The van der Waals surface area contributed by atoms with Crippen LogP contribution in [0.5, 0.6) is 11.5 Å². The molecule has 0 saturated carbocycles. The maximum atomic E-state index is 13.5. The van der Waals surface area contributed by atoms with Gasteiger partial charge in [0.2, 0.25) is 5.91 Å². The predicted molar refractivity (Wildman–Crippen MR) is 152 cm³/mol. The van der Waals surface area contributed by atoms with E-state index in [4.69, 9.17) is 14.0 Å². The monoisotopic (exact) mass is 531 g/mol. The third-order valence-corrected chi connectivity index (χ3v) is 8.34. The minimum Gasteiger partial charge on any atom is -0.493 e. The Bertz CT molecular complexity index is 1290. The number of nitrogens with zero attached hydrogens (tertiary/aromatic N) is 2. The van der Waals surface area contributed by atoms with Crippen LogP contribution in [0.2, 0.25) is 0 Å². The number of nitrogens with one attached hydrogen (secondary N) is 1. The fourth-order valence-electron chi connectivity index (χ4n) is 5.88. The maximum absolute atomic E-state index is 13.5. The average molecular weight is 532 g/mol. The molecule has 0 spiro atoms. The molecule has 1 N–H and O–H groups in total. The molecule has 208 valence electrons. The van der Waals surface area contributed by atoms with E-state index in [0.29, 0.717) is 30.6 Å². The van der Waals surface area contributed by atoms with Crippen molar-refractivity contribution in [1.29, 1.82) is 0 Å². The lowest BCUT2D eigenvalue weighted by atomic mass is 9.80. The average Bonchev–Trinajstić information content (AvgIpc) is 3.41. The minimum absolute atomic E-state index is 0.115. The lowest BCUT2D eigenvalue weighted by molar-refractivity contribution is -0.133. The smallest absolute Gasteiger partial charge is 0.223 e. The van der Waals surface area contributed by atoms with E-state index in [1.807, 2.05) is 17.0 Å². The molecular weight excluding hydrogens is 490 g/mol. The number of methoxy groups -OCH3 is 2. The quantitative estimate of drug-likeness (QED) is 0.440. The third kappa shape index (κ3) is 6.14. The number of ether oxygens (including phenoxy) is 2. The first-order valence-corrected chi connectivity index (χ1v) is 14.0. The highest BCUT2D eigenvalue weighted by Gasteiger charge is 2.31. The number of hydrogen-bond donors (Lipinski definition) is 1. The first-order chi connectivity index (χ1) is 18.7. The summed E-state index contributed by atoms with van der Waals surface area (Å²) >= 11 is 0. The van der Waals surface area contributed by atoms with E-state index < -0.39 is 0 Å². The van der Waals surface area contributed by atoms with Crippen molar-refractivity contribution < 1.29 is 18.8 Å². The fourth-order valence-corrected chi connectivity index (χ4v) is 5.88. The number of amides is 1. The summed E-state index contributed by atoms with van der Waals surface area (Å²) in [5, 5.41) is 7.92. The van der Waals surface area contributed by atoms with Crippen molar-refractivity contribution >= 4 is 5.91 Å². The van der Waals surface area contributed by atoms with Gasteiger partial charge in [-0.05, 0) is 78.4 Å². The van der Waals surface area contributed by atoms with Crippen LogP contribution in [-0.2, 0) is 29.6 Å². The number of piperidine rings is 1. The van der Waals surface area contributed by atoms with Gasteiger partial charge in [0.25, 0.3) is 0 Å². The van der Waals surface area contributed by atoms with Gasteiger partial charge in [-0.1, -0.05) is 50.2 Å². The zero-order valence-electron chi connectivity index (χ0n) is 23.9. The highest BCUT2D eigenvalue weighted by molar-refractivity contribution is 5.77. The molecule has 7 nitrogen and oxygen atoms in total. The topological polar surface area (TPSA) is 76.8 Å². The molecule has 2 aliphatic heterocycles. The Morgan fingerprint density at radius 1 is 1.05 bits per heavy atom. The maximum Gasteiger partial charge on any atom is 0.223 e. The van der Waals surface area contributed by atoms with E-state index in [1.165, 1.54) is 11.1 Å². The second-order valence-electron chi connectivity index (χ2n) is 12.0. The van der Waals surface area contributed by atoms with E-state index in [9.17, 15) is 4.79 Å². The summed E-state index contributed by atoms with van der Waals surface area (Å²) in [5.74, 6) is 3.13. The second-order valence-corrected chi connectivity index (χ2v) is 12.0. The van der Waals surface area contributed by atoms with Crippen molar-refractivity contribution in [2.24, 2.45) is 11.8 Å². The van der Waals surface area contributed by atoms with Gasteiger partial charge in [0, 0.05) is 31.1 Å². The summed E-state index contributed by atoms with van der Waals surface area (Å²) in [7, 11) is 3.30. The SMILES string of the molecule is COc1cc2c(cc1OC)CN(C(=O)CC1CCNCC1Cc1cc(-c3ccc(C(C)(C)C)cc3)on1)CC2. The molecule has 1 aromatic heterocycles. The van der Waals surface area contributed by atoms with Gasteiger partial charge in [0.05, 0.1) is 19.9 Å². The Morgan fingerprint density at radius 2 is 1.77 bits per heavy atom. The molecule has 7 heteroatoms. The number of carbonyl (C=O) groups is 1. The molecule has 0 bridgehead atoms. The van der Waals surface area contributed by atoms with Crippen molar-refractivity contribution in [3.05, 3.63) is 64.8 Å². The van der Waals surface area contributed by atoms with Crippen molar-refractivity contribution in [3.63, 3.8) is 0 Å². The summed E-state index contributed by atoms with van der Waals surface area (Å²) in [6.45, 7) is 9.83. The van der Waals surface area contributed by atoms with Crippen LogP contribution in [0.25, 0.3) is 11.3 Å². The van der Waals surface area contributed by atoms with Crippen LogP contribution >= 0.6 is 0 Å². The summed E-state index contributed by atoms with van der Waals surface area (Å²) in [5.41, 5.74) is 5.76. The van der Waals surface area contributed by atoms with Gasteiger partial charge in [-0.25, -0.2) is 0 Å². The predicted octanol–water partition coefficient (Wildman–Crippen LogP) is 5.40. The number of rotatable bonds is 7. The van der Waals surface area contributed by atoms with Gasteiger partial charge in [-0.15, -0.1) is 0 Å². The van der Waals surface area contributed by atoms with E-state index in [0.717, 1.165) is 67.2 Å². The highest BCUT2D eigenvalue weighted by atomic mass is 16.5. The molecule has 39 heavy (non-hydrogen) atoms. The molecule has 3 aromatic rings. The Morgan fingerprint density at radius 3 is 2.46 bits per heavy atom. The molecule has 5 rings (SSSR count). The van der Waals surface area contributed by atoms with Gasteiger partial charge in [0.1, 0.15) is 0 Å². The normalized spacial score (nSPS) is 19.5. The van der Waals surface area contributed by atoms with Crippen molar-refractivity contribution in [3.8, 4) is 22.8 Å². The van der Waals surface area contributed by atoms with Crippen LogP contribution in [0.1, 0.15) is 56.0 Å². The van der Waals surface area contributed by atoms with Crippen LogP contribution in [-0.4, -0.2) is 49.8 Å². The molecule has 1 fully saturated rings. The lowest BCUT2D eigenvalue weighted by Crippen LogP contribution is -2.42. The van der Waals surface area contributed by atoms with E-state index >= 15 is 0 Å². The molecule has 1 saturated heterocycles. The van der Waals surface area contributed by atoms with E-state index in [2.05, 4.69) is 61.6 Å². The zero-order chi connectivity index (χ0) is 27.6. The molecule has 2 unspecified atom stereocenters. The second kappa shape index (κ2) is 11.4. The number of carbonyl (C=O) groups excluding carboxylic acids is 1. The van der Waals surface area contributed by atoms with Crippen LogP contribution < -0.4 is 14.8 Å². The largest absolute Gasteiger partial charge is 0.493 e. The van der Waals surface area contributed by atoms with Crippen LogP contribution in [0.3, 0.4) is 0 Å². The molecule has 1 amide bonds. The number of aromatic nitrogens is 1. The number of fused-ring (bicyclic) bond motifs is 1. The van der Waals surface area contributed by atoms with Gasteiger partial charge in [-0.3, -0.25) is 4.79 Å². The van der Waals surface area contributed by atoms with Gasteiger partial charge in [-0.2, -0.15) is 0 Å². The molecule has 2 aliphatic rings. The standard InChI is InChI=1S/C32H41N3O4/c1-32(2,3)26-8-6-21(7-9-26)28-18-27(34-39-28)14-24-19-33-12-10-22(24)17-31(36)35-13-11-23-15-29(37-4)30(38-5)16-25(23)20-35/h6-9,15-16,18,22,24,33H,10-14,17,19-20H2,1-5H3. The summed E-state index contributed by atoms with van der Waals surface area (Å²) in [4.78, 5) is 15.5. The van der Waals surface area contributed by atoms with E-state index in [1.54, 1.807) is 14.2 Å². The first-order valence-electron chi connectivity index (χ1n) is 14.0. The zero-order valence-corrected chi connectivity index (χ0v) is 23.9. The molecule has 0 radical (unpaired) electrons. The molecule has 2 aromatic carbocycles. The van der Waals surface area contributed by atoms with Crippen molar-refractivity contribution in [1.82, 2.24) is 15.4 Å². The Hall–Kier alpha value is -3.32. The van der Waals surface area contributed by atoms with E-state index in [-0.39, 0.29) is 11.3 Å². The Balaban J connectivity index is 1.22. The first kappa shape index (κ1) is 27.3. The summed E-state index contributed by atoms with van der Waals surface area (Å²) < 4.78 is 16.7. The highest BCUT2D eigenvalue weighted by Crippen LogP contribution is 2.34. The number of hydrogen-bond acceptors (Lipinski definition) is 6. The van der Waals surface area contributed by atoms with Crippen LogP contribution in [0.15, 0.2) is 47.0 Å². The molecular formula is C32H41N3O4. The summed E-state index contributed by atoms with van der Waals surface area (Å²) in [6.07, 6.45) is 3.18. The Labute approximate surface area is 231 Å². The van der Waals surface area contributed by atoms with Crippen molar-refractivity contribution in [2.45, 2.75) is 58.4 Å². The van der Waals surface area contributed by atoms with Crippen molar-refractivity contribution in [2.75, 3.05) is 33.9 Å². The molecule has 3 heterocycles. The van der Waals surface area contributed by atoms with Crippen LogP contribution in [0.4, 0.5) is 0 Å². The Kier molecular flexibility index (Phi) is 7.98. The minimum atomic E-state index is 0.115. The molecule has 2 atom stereocenters. The summed E-state index contributed by atoms with van der Waals surface area (Å²) in [6, 6.07) is 14.7. The fraction of sp³-hybridized carbons (Fsp3) is 0.500. The molecule has 0 aliphatic carbocycles. The van der Waals surface area contributed by atoms with Gasteiger partial charge < -0.3 is 24.2 Å². The lowest BCUT2D eigenvalue weighted by Gasteiger charge is -2.35.